The Morgan fingerprint density at radius 2 is 1.92 bits per heavy atom. The molecule has 5 nitrogen and oxygen atoms in total. The van der Waals surface area contributed by atoms with Crippen molar-refractivity contribution in [3.05, 3.63) is 58.8 Å². The summed E-state index contributed by atoms with van der Waals surface area (Å²) in [6, 6.07) is 14.9. The summed E-state index contributed by atoms with van der Waals surface area (Å²) in [6.45, 7) is 1.01. The quantitative estimate of drug-likeness (QED) is 0.550. The highest BCUT2D eigenvalue weighted by Gasteiger charge is 2.52. The molecule has 0 unspecified atom stereocenters. The van der Waals surface area contributed by atoms with Gasteiger partial charge in [0.25, 0.3) is 0 Å². The van der Waals surface area contributed by atoms with E-state index in [1.165, 1.54) is 24.1 Å². The maximum atomic E-state index is 4.89. The zero-order valence-corrected chi connectivity index (χ0v) is 14.3. The van der Waals surface area contributed by atoms with Gasteiger partial charge < -0.3 is 4.90 Å². The first-order valence-corrected chi connectivity index (χ1v) is 9.41. The number of hydrogen-bond donors (Lipinski definition) is 0. The largest absolute Gasteiger partial charge is 0.324 e. The predicted molar refractivity (Wildman–Crippen MR) is 98.5 cm³/mol. The summed E-state index contributed by atoms with van der Waals surface area (Å²) in [4.78, 5) is 2.35. The van der Waals surface area contributed by atoms with Crippen molar-refractivity contribution in [3.8, 4) is 11.4 Å². The van der Waals surface area contributed by atoms with Gasteiger partial charge in [0.05, 0.1) is 0 Å². The monoisotopic (exact) mass is 345 g/mol. The zero-order chi connectivity index (χ0) is 16.4. The fraction of sp³-hybridized carbons (Fsp3) is 0.211. The molecule has 0 radical (unpaired) electrons. The molecule has 0 saturated heterocycles. The molecule has 0 bridgehead atoms. The molecule has 122 valence electrons. The number of nitrogens with zero attached hydrogens (tertiary/aromatic N) is 5. The molecule has 6 rings (SSSR count). The first kappa shape index (κ1) is 13.5. The zero-order valence-electron chi connectivity index (χ0n) is 13.5. The molecule has 25 heavy (non-hydrogen) atoms. The van der Waals surface area contributed by atoms with E-state index in [1.807, 2.05) is 16.0 Å². The first-order valence-electron chi connectivity index (χ1n) is 8.46. The molecular weight excluding hydrogens is 330 g/mol. The van der Waals surface area contributed by atoms with E-state index >= 15 is 0 Å². The number of thiophene rings is 1. The van der Waals surface area contributed by atoms with Gasteiger partial charge in [-0.1, -0.05) is 18.2 Å². The molecule has 1 saturated carbocycles. The number of aromatic nitrogens is 4. The van der Waals surface area contributed by atoms with E-state index in [2.05, 4.69) is 56.9 Å². The lowest BCUT2D eigenvalue weighted by Gasteiger charge is -2.18. The average Bonchev–Trinajstić information content (AvgIpc) is 3.02. The van der Waals surface area contributed by atoms with E-state index in [0.29, 0.717) is 5.41 Å². The average molecular weight is 345 g/mol. The standard InChI is InChI=1S/C19H15N5S/c1-2-4-15-14(3-1)19(8-9-19)12-23(15)17-6-5-16-20-21-18(24(16)22-17)13-7-10-25-11-13/h1-7,10-11H,8-9,12H2. The van der Waals surface area contributed by atoms with E-state index < -0.39 is 0 Å². The lowest BCUT2D eigenvalue weighted by molar-refractivity contribution is 0.735. The smallest absolute Gasteiger partial charge is 0.186 e. The number of benzene rings is 1. The van der Waals surface area contributed by atoms with Crippen LogP contribution in [0.25, 0.3) is 17.0 Å². The van der Waals surface area contributed by atoms with Gasteiger partial charge in [-0.3, -0.25) is 0 Å². The van der Waals surface area contributed by atoms with Crippen molar-refractivity contribution >= 4 is 28.5 Å². The van der Waals surface area contributed by atoms with Gasteiger partial charge in [-0.15, -0.1) is 15.3 Å². The van der Waals surface area contributed by atoms with Crippen LogP contribution in [0.1, 0.15) is 18.4 Å². The van der Waals surface area contributed by atoms with Crippen LogP contribution in [0.5, 0.6) is 0 Å². The van der Waals surface area contributed by atoms with Gasteiger partial charge in [0.1, 0.15) is 0 Å². The molecule has 0 atom stereocenters. The SMILES string of the molecule is c1ccc2c(c1)N(c1ccc3nnc(-c4ccsc4)n3n1)CC21CC1. The van der Waals surface area contributed by atoms with E-state index in [0.717, 1.165) is 29.4 Å². The van der Waals surface area contributed by atoms with E-state index in [9.17, 15) is 0 Å². The highest BCUT2D eigenvalue weighted by molar-refractivity contribution is 7.08. The Morgan fingerprint density at radius 3 is 2.76 bits per heavy atom. The Bertz CT molecular complexity index is 1090. The molecule has 1 aromatic carbocycles. The molecule has 6 heteroatoms. The van der Waals surface area contributed by atoms with Crippen LogP contribution < -0.4 is 4.90 Å². The molecule has 1 fully saturated rings. The number of rotatable bonds is 2. The van der Waals surface area contributed by atoms with Crippen molar-refractivity contribution in [2.75, 3.05) is 11.4 Å². The Morgan fingerprint density at radius 1 is 1.00 bits per heavy atom. The van der Waals surface area contributed by atoms with Crippen molar-refractivity contribution in [1.29, 1.82) is 0 Å². The fourth-order valence-electron chi connectivity index (χ4n) is 3.91. The number of para-hydroxylation sites is 1. The minimum Gasteiger partial charge on any atom is -0.324 e. The Balaban J connectivity index is 1.51. The number of fused-ring (bicyclic) bond motifs is 3. The molecule has 0 amide bonds. The van der Waals surface area contributed by atoms with Crippen LogP contribution in [0, 0.1) is 0 Å². The second-order valence-corrected chi connectivity index (χ2v) is 7.66. The van der Waals surface area contributed by atoms with Gasteiger partial charge >= 0.3 is 0 Å². The molecule has 0 N–H and O–H groups in total. The van der Waals surface area contributed by atoms with E-state index in [4.69, 9.17) is 5.10 Å². The third-order valence-corrected chi connectivity index (χ3v) is 6.07. The van der Waals surface area contributed by atoms with Gasteiger partial charge in [-0.25, -0.2) is 0 Å². The highest BCUT2D eigenvalue weighted by Crippen LogP contribution is 2.57. The Kier molecular flexibility index (Phi) is 2.53. The maximum absolute atomic E-state index is 4.89. The molecule has 4 aromatic rings. The first-order chi connectivity index (χ1) is 12.3. The van der Waals surface area contributed by atoms with E-state index in [1.54, 1.807) is 11.3 Å². The summed E-state index contributed by atoms with van der Waals surface area (Å²) < 4.78 is 1.86. The van der Waals surface area contributed by atoms with Gasteiger partial charge in [-0.2, -0.15) is 15.9 Å². The molecule has 1 spiro atoms. The van der Waals surface area contributed by atoms with Crippen LogP contribution in [0.4, 0.5) is 11.5 Å². The lowest BCUT2D eigenvalue weighted by Crippen LogP contribution is -2.20. The summed E-state index contributed by atoms with van der Waals surface area (Å²) in [5.41, 5.74) is 4.94. The van der Waals surface area contributed by atoms with Crippen LogP contribution >= 0.6 is 11.3 Å². The predicted octanol–water partition coefficient (Wildman–Crippen LogP) is 4.04. The summed E-state index contributed by atoms with van der Waals surface area (Å²) in [6.07, 6.45) is 2.55. The van der Waals surface area contributed by atoms with Crippen molar-refractivity contribution in [1.82, 2.24) is 19.8 Å². The Hall–Kier alpha value is -2.73. The second-order valence-electron chi connectivity index (χ2n) is 6.88. The third-order valence-electron chi connectivity index (χ3n) is 5.39. The minimum absolute atomic E-state index is 0.344. The highest BCUT2D eigenvalue weighted by atomic mass is 32.1. The molecule has 4 heterocycles. The van der Waals surface area contributed by atoms with Gasteiger partial charge in [0, 0.05) is 28.6 Å². The molecular formula is C19H15N5S. The van der Waals surface area contributed by atoms with Gasteiger partial charge in [0.2, 0.25) is 0 Å². The normalized spacial score (nSPS) is 17.4. The Labute approximate surface area is 148 Å². The van der Waals surface area contributed by atoms with Crippen LogP contribution in [-0.2, 0) is 5.41 Å². The van der Waals surface area contributed by atoms with E-state index in [-0.39, 0.29) is 0 Å². The maximum Gasteiger partial charge on any atom is 0.186 e. The van der Waals surface area contributed by atoms with Crippen molar-refractivity contribution in [2.24, 2.45) is 0 Å². The summed E-state index contributed by atoms with van der Waals surface area (Å²) in [7, 11) is 0. The summed E-state index contributed by atoms with van der Waals surface area (Å²) >= 11 is 1.66. The van der Waals surface area contributed by atoms with Crippen molar-refractivity contribution < 1.29 is 0 Å². The van der Waals surface area contributed by atoms with Gasteiger partial charge in [0.15, 0.2) is 17.3 Å². The van der Waals surface area contributed by atoms with Crippen molar-refractivity contribution in [3.63, 3.8) is 0 Å². The number of hydrogen-bond acceptors (Lipinski definition) is 5. The summed E-state index contributed by atoms with van der Waals surface area (Å²) in [5, 5.41) is 17.6. The van der Waals surface area contributed by atoms with Crippen LogP contribution in [0.3, 0.4) is 0 Å². The lowest BCUT2D eigenvalue weighted by atomic mass is 9.99. The van der Waals surface area contributed by atoms with Crippen LogP contribution in [0.15, 0.2) is 53.2 Å². The van der Waals surface area contributed by atoms with Crippen LogP contribution in [-0.4, -0.2) is 26.4 Å². The van der Waals surface area contributed by atoms with Crippen molar-refractivity contribution in [2.45, 2.75) is 18.3 Å². The molecule has 1 aliphatic heterocycles. The van der Waals surface area contributed by atoms with Gasteiger partial charge in [-0.05, 0) is 48.1 Å². The second kappa shape index (κ2) is 4.67. The third kappa shape index (κ3) is 1.85. The van der Waals surface area contributed by atoms with Crippen LogP contribution in [0.2, 0.25) is 0 Å². The minimum atomic E-state index is 0.344. The topological polar surface area (TPSA) is 46.3 Å². The summed E-state index contributed by atoms with van der Waals surface area (Å²) in [5.74, 6) is 1.76. The molecule has 2 aliphatic rings. The molecule has 1 aliphatic carbocycles. The number of anilines is 2. The molecule has 3 aromatic heterocycles. The fourth-order valence-corrected chi connectivity index (χ4v) is 4.54.